The van der Waals surface area contributed by atoms with E-state index in [0.29, 0.717) is 34.1 Å². The minimum atomic E-state index is -0.472. The van der Waals surface area contributed by atoms with Crippen LogP contribution in [0.4, 0.5) is 17.1 Å². The summed E-state index contributed by atoms with van der Waals surface area (Å²) >= 11 is 1.17. The SMILES string of the molecule is COc1ccc(NC2=C(Sc3ccc(NC(=O)c4ccccc4)cc3)C(=O)N(c3ccc(OC)cc3)C2=O)cc1. The number of imide groups is 1. The third kappa shape index (κ3) is 5.69. The highest BCUT2D eigenvalue weighted by atomic mass is 32.2. The molecule has 200 valence electrons. The van der Waals surface area contributed by atoms with E-state index in [0.717, 1.165) is 9.80 Å². The highest BCUT2D eigenvalue weighted by Crippen LogP contribution is 2.38. The Kier molecular flexibility index (Phi) is 7.84. The number of rotatable bonds is 9. The Morgan fingerprint density at radius 1 is 0.700 bits per heavy atom. The topological polar surface area (TPSA) is 97.0 Å². The zero-order valence-electron chi connectivity index (χ0n) is 21.7. The van der Waals surface area contributed by atoms with Crippen molar-refractivity contribution in [2.75, 3.05) is 29.8 Å². The Bertz CT molecular complexity index is 1570. The first-order chi connectivity index (χ1) is 19.5. The number of hydrogen-bond donors (Lipinski definition) is 2. The zero-order valence-corrected chi connectivity index (χ0v) is 22.5. The van der Waals surface area contributed by atoms with Gasteiger partial charge in [0.25, 0.3) is 17.7 Å². The van der Waals surface area contributed by atoms with Crippen LogP contribution in [0.2, 0.25) is 0 Å². The Morgan fingerprint density at radius 2 is 1.27 bits per heavy atom. The number of thioether (sulfide) groups is 1. The highest BCUT2D eigenvalue weighted by Gasteiger charge is 2.40. The molecule has 0 spiro atoms. The molecule has 0 atom stereocenters. The Balaban J connectivity index is 1.41. The molecule has 0 aromatic heterocycles. The van der Waals surface area contributed by atoms with Gasteiger partial charge in [0.1, 0.15) is 22.1 Å². The molecule has 1 aliphatic rings. The number of hydrogen-bond acceptors (Lipinski definition) is 7. The van der Waals surface area contributed by atoms with Crippen LogP contribution < -0.4 is 25.0 Å². The maximum Gasteiger partial charge on any atom is 0.283 e. The van der Waals surface area contributed by atoms with Gasteiger partial charge in [-0.1, -0.05) is 30.0 Å². The van der Waals surface area contributed by atoms with Gasteiger partial charge in [-0.3, -0.25) is 14.4 Å². The van der Waals surface area contributed by atoms with Crippen molar-refractivity contribution in [3.63, 3.8) is 0 Å². The molecule has 8 nitrogen and oxygen atoms in total. The summed E-state index contributed by atoms with van der Waals surface area (Å²) in [4.78, 5) is 41.8. The molecular formula is C31H25N3O5S. The third-order valence-corrected chi connectivity index (χ3v) is 7.19. The van der Waals surface area contributed by atoms with Crippen LogP contribution in [-0.4, -0.2) is 31.9 Å². The maximum absolute atomic E-state index is 13.6. The van der Waals surface area contributed by atoms with E-state index in [2.05, 4.69) is 10.6 Å². The van der Waals surface area contributed by atoms with Crippen LogP contribution in [0.1, 0.15) is 10.4 Å². The molecular weight excluding hydrogens is 526 g/mol. The summed E-state index contributed by atoms with van der Waals surface area (Å²) in [5.41, 5.74) is 2.38. The summed E-state index contributed by atoms with van der Waals surface area (Å²) in [6.45, 7) is 0. The van der Waals surface area contributed by atoms with Crippen LogP contribution in [0.5, 0.6) is 11.5 Å². The molecule has 0 fully saturated rings. The minimum absolute atomic E-state index is 0.164. The average molecular weight is 552 g/mol. The van der Waals surface area contributed by atoms with E-state index in [9.17, 15) is 14.4 Å². The maximum atomic E-state index is 13.6. The van der Waals surface area contributed by atoms with Crippen LogP contribution in [0.15, 0.2) is 119 Å². The summed E-state index contributed by atoms with van der Waals surface area (Å²) in [6, 6.07) is 29.8. The van der Waals surface area contributed by atoms with Crippen molar-refractivity contribution in [2.45, 2.75) is 4.90 Å². The Hall–Kier alpha value is -5.02. The van der Waals surface area contributed by atoms with E-state index >= 15 is 0 Å². The molecule has 4 aromatic carbocycles. The molecule has 0 bridgehead atoms. The first-order valence-corrected chi connectivity index (χ1v) is 13.1. The average Bonchev–Trinajstić information content (AvgIpc) is 3.22. The number of methoxy groups -OCH3 is 2. The van der Waals surface area contributed by atoms with E-state index in [-0.39, 0.29) is 16.5 Å². The molecule has 2 N–H and O–H groups in total. The van der Waals surface area contributed by atoms with Crippen LogP contribution in [0.25, 0.3) is 0 Å². The van der Waals surface area contributed by atoms with Gasteiger partial charge < -0.3 is 20.1 Å². The number of anilines is 3. The standard InChI is InChI=1S/C31H25N3O5S/c1-38-24-14-8-21(9-15-24)32-27-28(31(37)34(30(27)36)23-12-16-25(39-2)17-13-23)40-26-18-10-22(11-19-26)33-29(35)20-6-4-3-5-7-20/h3-19,32H,1-2H3,(H,33,35). The molecule has 0 radical (unpaired) electrons. The van der Waals surface area contributed by atoms with Gasteiger partial charge in [-0.05, 0) is 84.9 Å². The van der Waals surface area contributed by atoms with Crippen molar-refractivity contribution in [1.29, 1.82) is 0 Å². The molecule has 0 unspecified atom stereocenters. The Labute approximate surface area is 235 Å². The fourth-order valence-corrected chi connectivity index (χ4v) is 4.94. The second kappa shape index (κ2) is 11.8. The fourth-order valence-electron chi connectivity index (χ4n) is 4.02. The second-order valence-electron chi connectivity index (χ2n) is 8.65. The van der Waals surface area contributed by atoms with Crippen LogP contribution in [-0.2, 0) is 9.59 Å². The molecule has 40 heavy (non-hydrogen) atoms. The van der Waals surface area contributed by atoms with Crippen molar-refractivity contribution >= 4 is 46.5 Å². The van der Waals surface area contributed by atoms with Crippen LogP contribution >= 0.6 is 11.8 Å². The lowest BCUT2D eigenvalue weighted by Gasteiger charge is -2.15. The summed E-state index contributed by atoms with van der Waals surface area (Å²) < 4.78 is 10.4. The largest absolute Gasteiger partial charge is 0.497 e. The van der Waals surface area contributed by atoms with Gasteiger partial charge in [0.15, 0.2) is 0 Å². The lowest BCUT2D eigenvalue weighted by Crippen LogP contribution is -2.32. The van der Waals surface area contributed by atoms with Gasteiger partial charge in [0.05, 0.1) is 19.9 Å². The van der Waals surface area contributed by atoms with Crippen LogP contribution in [0, 0.1) is 0 Å². The molecule has 4 aromatic rings. The molecule has 0 saturated heterocycles. The monoisotopic (exact) mass is 551 g/mol. The van der Waals surface area contributed by atoms with Gasteiger partial charge in [0.2, 0.25) is 0 Å². The first-order valence-electron chi connectivity index (χ1n) is 12.3. The van der Waals surface area contributed by atoms with E-state index in [1.165, 1.54) is 11.8 Å². The second-order valence-corrected chi connectivity index (χ2v) is 9.73. The molecule has 9 heteroatoms. The fraction of sp³-hybridized carbons (Fsp3) is 0.0645. The number of carbonyl (C=O) groups is 3. The van der Waals surface area contributed by atoms with Gasteiger partial charge >= 0.3 is 0 Å². The molecule has 3 amide bonds. The van der Waals surface area contributed by atoms with E-state index < -0.39 is 11.8 Å². The van der Waals surface area contributed by atoms with Crippen LogP contribution in [0.3, 0.4) is 0 Å². The van der Waals surface area contributed by atoms with Crippen molar-refractivity contribution in [2.24, 2.45) is 0 Å². The number of benzene rings is 4. The smallest absolute Gasteiger partial charge is 0.283 e. The molecule has 0 aliphatic carbocycles. The normalized spacial score (nSPS) is 12.9. The minimum Gasteiger partial charge on any atom is -0.497 e. The number of amides is 3. The number of carbonyl (C=O) groups excluding carboxylic acids is 3. The molecule has 5 rings (SSSR count). The zero-order chi connectivity index (χ0) is 28.1. The van der Waals surface area contributed by atoms with Gasteiger partial charge in [-0.25, -0.2) is 4.90 Å². The van der Waals surface area contributed by atoms with Gasteiger partial charge in [0, 0.05) is 21.8 Å². The Morgan fingerprint density at radius 3 is 1.88 bits per heavy atom. The van der Waals surface area contributed by atoms with Crippen molar-refractivity contribution < 1.29 is 23.9 Å². The van der Waals surface area contributed by atoms with Crippen molar-refractivity contribution in [3.05, 3.63) is 119 Å². The summed E-state index contributed by atoms with van der Waals surface area (Å²) in [5, 5.41) is 5.99. The predicted octanol–water partition coefficient (Wildman–Crippen LogP) is 5.95. The van der Waals surface area contributed by atoms with Gasteiger partial charge in [-0.15, -0.1) is 0 Å². The molecule has 1 aliphatic heterocycles. The predicted molar refractivity (Wildman–Crippen MR) is 156 cm³/mol. The van der Waals surface area contributed by atoms with E-state index in [1.807, 2.05) is 6.07 Å². The summed E-state index contributed by atoms with van der Waals surface area (Å²) in [5.74, 6) is 0.142. The highest BCUT2D eigenvalue weighted by molar-refractivity contribution is 8.04. The quantitative estimate of drug-likeness (QED) is 0.248. The lowest BCUT2D eigenvalue weighted by atomic mass is 10.2. The van der Waals surface area contributed by atoms with E-state index in [4.69, 9.17) is 9.47 Å². The lowest BCUT2D eigenvalue weighted by molar-refractivity contribution is -0.120. The molecule has 1 heterocycles. The number of nitrogens with one attached hydrogen (secondary N) is 2. The molecule has 0 saturated carbocycles. The van der Waals surface area contributed by atoms with Crippen molar-refractivity contribution in [1.82, 2.24) is 0 Å². The third-order valence-electron chi connectivity index (χ3n) is 6.10. The summed E-state index contributed by atoms with van der Waals surface area (Å²) in [7, 11) is 3.12. The van der Waals surface area contributed by atoms with Crippen molar-refractivity contribution in [3.8, 4) is 11.5 Å². The van der Waals surface area contributed by atoms with Gasteiger partial charge in [-0.2, -0.15) is 0 Å². The summed E-state index contributed by atoms with van der Waals surface area (Å²) in [6.07, 6.45) is 0. The number of ether oxygens (including phenoxy) is 2. The number of nitrogens with zero attached hydrogens (tertiary/aromatic N) is 1. The van der Waals surface area contributed by atoms with E-state index in [1.54, 1.807) is 111 Å². The first kappa shape index (κ1) is 26.6.